The minimum atomic E-state index is -0.0204. The number of imidazole rings is 1. The van der Waals surface area contributed by atoms with Crippen LogP contribution in [0.5, 0.6) is 17.4 Å². The van der Waals surface area contributed by atoms with E-state index in [2.05, 4.69) is 10.6 Å². The summed E-state index contributed by atoms with van der Waals surface area (Å²) in [6.07, 6.45) is 6.00. The molecule has 2 aromatic carbocycles. The molecule has 1 saturated carbocycles. The fourth-order valence-corrected chi connectivity index (χ4v) is 5.07. The molecule has 1 amide bonds. The van der Waals surface area contributed by atoms with E-state index in [1.807, 2.05) is 67.0 Å². The zero-order valence-corrected chi connectivity index (χ0v) is 23.2. The number of hydrogen-bond donors (Lipinski definition) is 2. The van der Waals surface area contributed by atoms with Gasteiger partial charge in [-0.2, -0.15) is 0 Å². The molecular weight excluding hydrogens is 506 g/mol. The quantitative estimate of drug-likeness (QED) is 0.287. The Morgan fingerprint density at radius 2 is 1.88 bits per heavy atom. The Morgan fingerprint density at radius 3 is 2.60 bits per heavy atom. The van der Waals surface area contributed by atoms with Gasteiger partial charge in [0.25, 0.3) is 5.91 Å². The molecule has 40 heavy (non-hydrogen) atoms. The lowest BCUT2D eigenvalue weighted by Gasteiger charge is -2.23. The Morgan fingerprint density at radius 1 is 1.05 bits per heavy atom. The molecule has 1 saturated heterocycles. The lowest BCUT2D eigenvalue weighted by molar-refractivity contribution is 0.0699. The van der Waals surface area contributed by atoms with Crippen molar-refractivity contribution in [3.05, 3.63) is 65.4 Å². The number of benzene rings is 2. The van der Waals surface area contributed by atoms with E-state index in [4.69, 9.17) is 24.3 Å². The van der Waals surface area contributed by atoms with Crippen LogP contribution >= 0.6 is 0 Å². The third kappa shape index (κ3) is 5.60. The summed E-state index contributed by atoms with van der Waals surface area (Å²) in [5, 5.41) is 11.5. The number of hydrogen-bond acceptors (Lipinski definition) is 7. The summed E-state index contributed by atoms with van der Waals surface area (Å²) in [5.41, 5.74) is 5.85. The molecule has 9 heteroatoms. The number of ether oxygens (including phenoxy) is 3. The lowest BCUT2D eigenvalue weighted by atomic mass is 10.0. The average molecular weight is 542 g/mol. The van der Waals surface area contributed by atoms with Gasteiger partial charge in [-0.25, -0.2) is 9.50 Å². The molecule has 1 aliphatic heterocycles. The maximum atomic E-state index is 12.7. The first kappa shape index (κ1) is 26.1. The van der Waals surface area contributed by atoms with E-state index in [0.29, 0.717) is 34.8 Å². The van der Waals surface area contributed by atoms with Crippen LogP contribution in [-0.2, 0) is 4.74 Å². The van der Waals surface area contributed by atoms with Gasteiger partial charge in [-0.05, 0) is 86.9 Å². The molecule has 2 fully saturated rings. The third-order valence-electron chi connectivity index (χ3n) is 7.64. The summed E-state index contributed by atoms with van der Waals surface area (Å²) in [6, 6.07) is 13.8. The van der Waals surface area contributed by atoms with Crippen LogP contribution < -0.4 is 20.1 Å². The summed E-state index contributed by atoms with van der Waals surface area (Å²) < 4.78 is 19.0. The number of aryl methyl sites for hydroxylation is 2. The van der Waals surface area contributed by atoms with Crippen LogP contribution in [0.15, 0.2) is 48.7 Å². The summed E-state index contributed by atoms with van der Waals surface area (Å²) in [7, 11) is 1.65. The van der Waals surface area contributed by atoms with Gasteiger partial charge in [-0.15, -0.1) is 5.10 Å². The van der Waals surface area contributed by atoms with Gasteiger partial charge in [-0.1, -0.05) is 6.07 Å². The van der Waals surface area contributed by atoms with Crippen molar-refractivity contribution in [1.29, 1.82) is 0 Å². The van der Waals surface area contributed by atoms with E-state index in [0.717, 1.165) is 79.3 Å². The van der Waals surface area contributed by atoms with Crippen molar-refractivity contribution in [2.24, 2.45) is 5.92 Å². The maximum absolute atomic E-state index is 12.7. The van der Waals surface area contributed by atoms with E-state index in [9.17, 15) is 4.79 Å². The van der Waals surface area contributed by atoms with Gasteiger partial charge in [0.2, 0.25) is 5.88 Å². The Kier molecular flexibility index (Phi) is 7.30. The van der Waals surface area contributed by atoms with Crippen LogP contribution in [0.25, 0.3) is 16.9 Å². The van der Waals surface area contributed by atoms with Crippen molar-refractivity contribution in [3.8, 4) is 28.6 Å². The predicted molar refractivity (Wildman–Crippen MR) is 153 cm³/mol. The molecule has 0 spiro atoms. The summed E-state index contributed by atoms with van der Waals surface area (Å²) in [4.78, 5) is 17.4. The topological polar surface area (TPSA) is 99.0 Å². The van der Waals surface area contributed by atoms with Crippen molar-refractivity contribution < 1.29 is 19.0 Å². The van der Waals surface area contributed by atoms with Crippen LogP contribution in [0.2, 0.25) is 0 Å². The molecule has 0 radical (unpaired) electrons. The van der Waals surface area contributed by atoms with E-state index in [1.54, 1.807) is 7.11 Å². The SMILES string of the molecule is COc1ccc(Oc2cc(NCC3CCOCC3)c3ncc(-c4ccc(C(=O)NC5CC5)c(C)c4)n3n2)c(C)c1. The van der Waals surface area contributed by atoms with Gasteiger partial charge in [0, 0.05) is 43.0 Å². The number of amides is 1. The van der Waals surface area contributed by atoms with Crippen molar-refractivity contribution in [1.82, 2.24) is 19.9 Å². The standard InChI is InChI=1S/C31H35N5O4/c1-19-14-22(4-8-25(19)31(37)34-23-5-6-23)27-18-33-30-26(32-17-21-10-12-39-13-11-21)16-29(35-36(27)30)40-28-9-7-24(38-3)15-20(28)2/h4,7-9,14-16,18,21,23,32H,5-6,10-13,17H2,1-3H3,(H,34,37). The number of anilines is 1. The molecule has 0 bridgehead atoms. The Hall–Kier alpha value is -4.11. The van der Waals surface area contributed by atoms with Crippen molar-refractivity contribution in [2.45, 2.75) is 45.6 Å². The molecule has 3 heterocycles. The monoisotopic (exact) mass is 541 g/mol. The minimum absolute atomic E-state index is 0.0204. The highest BCUT2D eigenvalue weighted by Crippen LogP contribution is 2.32. The van der Waals surface area contributed by atoms with Crippen LogP contribution in [0.4, 0.5) is 5.69 Å². The van der Waals surface area contributed by atoms with Crippen molar-refractivity contribution >= 4 is 17.2 Å². The minimum Gasteiger partial charge on any atom is -0.497 e. The predicted octanol–water partition coefficient (Wildman–Crippen LogP) is 5.54. The van der Waals surface area contributed by atoms with E-state index < -0.39 is 0 Å². The second-order valence-electron chi connectivity index (χ2n) is 10.7. The molecule has 2 aromatic heterocycles. The first-order chi connectivity index (χ1) is 19.5. The first-order valence-electron chi connectivity index (χ1n) is 13.9. The molecule has 9 nitrogen and oxygen atoms in total. The van der Waals surface area contributed by atoms with Crippen molar-refractivity contribution in [3.63, 3.8) is 0 Å². The summed E-state index contributed by atoms with van der Waals surface area (Å²) in [6.45, 7) is 6.35. The number of nitrogens with zero attached hydrogens (tertiary/aromatic N) is 3. The van der Waals surface area contributed by atoms with Gasteiger partial charge in [0.15, 0.2) is 5.65 Å². The van der Waals surface area contributed by atoms with Crippen LogP contribution in [0.3, 0.4) is 0 Å². The zero-order chi connectivity index (χ0) is 27.6. The second-order valence-corrected chi connectivity index (χ2v) is 10.7. The highest BCUT2D eigenvalue weighted by molar-refractivity contribution is 5.96. The zero-order valence-electron chi connectivity index (χ0n) is 23.2. The first-order valence-corrected chi connectivity index (χ1v) is 13.9. The molecule has 2 N–H and O–H groups in total. The van der Waals surface area contributed by atoms with Crippen LogP contribution in [0.1, 0.15) is 47.2 Å². The summed E-state index contributed by atoms with van der Waals surface area (Å²) >= 11 is 0. The largest absolute Gasteiger partial charge is 0.497 e. The number of carbonyl (C=O) groups excluding carboxylic acids is 1. The van der Waals surface area contributed by atoms with Gasteiger partial charge < -0.3 is 24.8 Å². The maximum Gasteiger partial charge on any atom is 0.251 e. The molecule has 6 rings (SSSR count). The van der Waals surface area contributed by atoms with Crippen molar-refractivity contribution in [2.75, 3.05) is 32.2 Å². The van der Waals surface area contributed by atoms with Gasteiger partial charge >= 0.3 is 0 Å². The molecule has 2 aliphatic rings. The Bertz CT molecular complexity index is 1540. The fraction of sp³-hybridized carbons (Fsp3) is 0.387. The summed E-state index contributed by atoms with van der Waals surface area (Å²) in [5.74, 6) is 2.43. The highest BCUT2D eigenvalue weighted by Gasteiger charge is 2.25. The molecule has 0 unspecified atom stereocenters. The number of fused-ring (bicyclic) bond motifs is 1. The molecule has 208 valence electrons. The molecular formula is C31H35N5O4. The van der Waals surface area contributed by atoms with Crippen LogP contribution in [0, 0.1) is 19.8 Å². The van der Waals surface area contributed by atoms with Gasteiger partial charge in [0.05, 0.1) is 24.7 Å². The normalized spacial score (nSPS) is 15.7. The number of methoxy groups -OCH3 is 1. The van der Waals surface area contributed by atoms with Gasteiger partial charge in [0.1, 0.15) is 11.5 Å². The van der Waals surface area contributed by atoms with Gasteiger partial charge in [-0.3, -0.25) is 4.79 Å². The fourth-order valence-electron chi connectivity index (χ4n) is 5.07. The number of rotatable bonds is 9. The Balaban J connectivity index is 1.35. The Labute approximate surface area is 233 Å². The third-order valence-corrected chi connectivity index (χ3v) is 7.64. The number of nitrogens with one attached hydrogen (secondary N) is 2. The van der Waals surface area contributed by atoms with E-state index >= 15 is 0 Å². The smallest absolute Gasteiger partial charge is 0.251 e. The number of carbonyl (C=O) groups is 1. The molecule has 0 atom stereocenters. The molecule has 4 aromatic rings. The second kappa shape index (κ2) is 11.2. The van der Waals surface area contributed by atoms with E-state index in [1.165, 1.54) is 0 Å². The lowest BCUT2D eigenvalue weighted by Crippen LogP contribution is -2.26. The average Bonchev–Trinajstić information content (AvgIpc) is 3.68. The highest BCUT2D eigenvalue weighted by atomic mass is 16.5. The van der Waals surface area contributed by atoms with Crippen LogP contribution in [-0.4, -0.2) is 53.4 Å². The van der Waals surface area contributed by atoms with E-state index in [-0.39, 0.29) is 5.91 Å². The number of aromatic nitrogens is 3. The molecule has 1 aliphatic carbocycles.